The molecule has 0 spiro atoms. The van der Waals surface area contributed by atoms with Crippen LogP contribution in [0.2, 0.25) is 10.0 Å². The minimum atomic E-state index is -4.76. The maximum atomic E-state index is 13.5. The van der Waals surface area contributed by atoms with Crippen LogP contribution in [0.1, 0.15) is 24.2 Å². The van der Waals surface area contributed by atoms with Gasteiger partial charge in [0.1, 0.15) is 23.9 Å². The van der Waals surface area contributed by atoms with Crippen molar-refractivity contribution in [3.05, 3.63) is 86.9 Å². The van der Waals surface area contributed by atoms with Crippen LogP contribution in [-0.2, 0) is 16.2 Å². The van der Waals surface area contributed by atoms with Crippen molar-refractivity contribution in [3.8, 4) is 0 Å². The fraction of sp³-hybridized carbons (Fsp3) is 0.227. The van der Waals surface area contributed by atoms with Gasteiger partial charge in [0.25, 0.3) is 0 Å². The van der Waals surface area contributed by atoms with Gasteiger partial charge in [-0.15, -0.1) is 0 Å². The van der Waals surface area contributed by atoms with Crippen molar-refractivity contribution < 1.29 is 31.1 Å². The maximum absolute atomic E-state index is 13.5. The monoisotopic (exact) mass is 564 g/mol. The van der Waals surface area contributed by atoms with E-state index in [0.29, 0.717) is 9.87 Å². The molecule has 36 heavy (non-hydrogen) atoms. The van der Waals surface area contributed by atoms with Crippen molar-refractivity contribution >= 4 is 39.0 Å². The number of aliphatic hydroxyl groups excluding tert-OH is 1. The number of aliphatic hydroxyl groups is 1. The molecule has 2 heterocycles. The first-order valence-corrected chi connectivity index (χ1v) is 12.4. The Labute approximate surface area is 213 Å². The average Bonchev–Trinajstić information content (AvgIpc) is 3.23. The summed E-state index contributed by atoms with van der Waals surface area (Å²) < 4.78 is 81.6. The molecule has 2 aromatic carbocycles. The molecular formula is C22H18Cl2F4N4O3S. The molecule has 2 atom stereocenters. The minimum Gasteiger partial charge on any atom is -0.373 e. The van der Waals surface area contributed by atoms with Crippen molar-refractivity contribution in [3.63, 3.8) is 0 Å². The van der Waals surface area contributed by atoms with E-state index in [1.165, 1.54) is 25.1 Å². The summed E-state index contributed by atoms with van der Waals surface area (Å²) >= 11 is 12.2. The number of nitrogens with one attached hydrogen (secondary N) is 1. The second kappa shape index (κ2) is 9.34. The lowest BCUT2D eigenvalue weighted by Crippen LogP contribution is -2.42. The van der Waals surface area contributed by atoms with Crippen LogP contribution >= 0.6 is 23.2 Å². The molecule has 4 rings (SSSR count). The number of allylic oxidation sites excluding steroid dienone is 1. The first-order valence-electron chi connectivity index (χ1n) is 10.2. The standard InChI is InChI=1S/C22H18Cl2F4N4O3S/c1-11-19(21(33)31(2)36(34,35)14-6-4-13(25)5-7-14)20(12-3-8-15(23)16(24)9-12)32-18(29-11)10-17(30-32)22(26,27)28/h3-10,20-21,29,33H,1-2H3. The zero-order valence-electron chi connectivity index (χ0n) is 18.6. The molecule has 1 aliphatic rings. The zero-order chi connectivity index (χ0) is 26.6. The van der Waals surface area contributed by atoms with E-state index in [4.69, 9.17) is 23.2 Å². The van der Waals surface area contributed by atoms with Gasteiger partial charge >= 0.3 is 6.18 Å². The third kappa shape index (κ3) is 4.71. The molecule has 2 N–H and O–H groups in total. The predicted octanol–water partition coefficient (Wildman–Crippen LogP) is 5.28. The number of halogens is 6. The number of likely N-dealkylation sites (N-methyl/N-ethyl adjacent to an activating group) is 1. The quantitative estimate of drug-likeness (QED) is 0.325. The summed E-state index contributed by atoms with van der Waals surface area (Å²) in [6.07, 6.45) is -6.62. The third-order valence-electron chi connectivity index (χ3n) is 5.69. The van der Waals surface area contributed by atoms with Crippen molar-refractivity contribution in [2.24, 2.45) is 0 Å². The Morgan fingerprint density at radius 3 is 2.33 bits per heavy atom. The van der Waals surface area contributed by atoms with Gasteiger partial charge in [-0.1, -0.05) is 29.3 Å². The van der Waals surface area contributed by atoms with Gasteiger partial charge in [0, 0.05) is 24.4 Å². The summed E-state index contributed by atoms with van der Waals surface area (Å²) in [5.41, 5.74) is -0.706. The van der Waals surface area contributed by atoms with Crippen molar-refractivity contribution in [2.45, 2.75) is 30.3 Å². The third-order valence-corrected chi connectivity index (χ3v) is 8.25. The van der Waals surface area contributed by atoms with Gasteiger partial charge in [-0.3, -0.25) is 0 Å². The van der Waals surface area contributed by atoms with Gasteiger partial charge in [0.05, 0.1) is 14.9 Å². The highest BCUT2D eigenvalue weighted by Gasteiger charge is 2.41. The number of alkyl halides is 3. The van der Waals surface area contributed by atoms with E-state index in [9.17, 15) is 31.1 Å². The van der Waals surface area contributed by atoms with Gasteiger partial charge in [-0.2, -0.15) is 22.6 Å². The molecule has 1 aliphatic heterocycles. The van der Waals surface area contributed by atoms with E-state index in [1.54, 1.807) is 0 Å². The van der Waals surface area contributed by atoms with Crippen LogP contribution in [0.3, 0.4) is 0 Å². The molecule has 2 unspecified atom stereocenters. The number of hydrogen-bond donors (Lipinski definition) is 2. The Balaban J connectivity index is 1.85. The Morgan fingerprint density at radius 2 is 1.75 bits per heavy atom. The number of fused-ring (bicyclic) bond motifs is 1. The molecule has 0 bridgehead atoms. The van der Waals surface area contributed by atoms with Gasteiger partial charge in [-0.25, -0.2) is 17.5 Å². The lowest BCUT2D eigenvalue weighted by Gasteiger charge is -2.35. The summed E-state index contributed by atoms with van der Waals surface area (Å²) in [4.78, 5) is -0.294. The van der Waals surface area contributed by atoms with E-state index in [1.807, 2.05) is 0 Å². The van der Waals surface area contributed by atoms with Gasteiger partial charge < -0.3 is 10.4 Å². The number of nitrogens with zero attached hydrogens (tertiary/aromatic N) is 3. The van der Waals surface area contributed by atoms with Crippen molar-refractivity contribution in [1.82, 2.24) is 14.1 Å². The molecule has 0 aliphatic carbocycles. The SMILES string of the molecule is CC1=C(C(O)N(C)S(=O)(=O)c2ccc(F)cc2)C(c2ccc(Cl)c(Cl)c2)n2nc(C(F)(F)F)cc2N1. The van der Waals surface area contributed by atoms with Crippen LogP contribution < -0.4 is 5.32 Å². The van der Waals surface area contributed by atoms with E-state index in [-0.39, 0.29) is 32.0 Å². The molecule has 1 aromatic heterocycles. The van der Waals surface area contributed by atoms with Crippen molar-refractivity contribution in [2.75, 3.05) is 12.4 Å². The Hall–Kier alpha value is -2.64. The van der Waals surface area contributed by atoms with E-state index in [0.717, 1.165) is 42.1 Å². The fourth-order valence-corrected chi connectivity index (χ4v) is 5.36. The van der Waals surface area contributed by atoms with Crippen LogP contribution in [-0.4, -0.2) is 40.9 Å². The second-order valence-corrected chi connectivity index (χ2v) is 10.8. The molecule has 14 heteroatoms. The smallest absolute Gasteiger partial charge is 0.373 e. The van der Waals surface area contributed by atoms with E-state index < -0.39 is 40.0 Å². The largest absolute Gasteiger partial charge is 0.435 e. The van der Waals surface area contributed by atoms with Gasteiger partial charge in [-0.05, 0) is 48.9 Å². The highest BCUT2D eigenvalue weighted by molar-refractivity contribution is 7.89. The highest BCUT2D eigenvalue weighted by Crippen LogP contribution is 2.42. The zero-order valence-corrected chi connectivity index (χ0v) is 20.9. The second-order valence-electron chi connectivity index (χ2n) is 7.99. The Bertz CT molecular complexity index is 1460. The number of anilines is 1. The average molecular weight is 565 g/mol. The Kier molecular flexibility index (Phi) is 6.86. The van der Waals surface area contributed by atoms with Crippen LogP contribution in [0.4, 0.5) is 23.4 Å². The van der Waals surface area contributed by atoms with Crippen LogP contribution in [0.25, 0.3) is 0 Å². The van der Waals surface area contributed by atoms with E-state index in [2.05, 4.69) is 10.4 Å². The van der Waals surface area contributed by atoms with Crippen molar-refractivity contribution in [1.29, 1.82) is 0 Å². The molecule has 192 valence electrons. The summed E-state index contributed by atoms with van der Waals surface area (Å²) in [6, 6.07) is 7.89. The lowest BCUT2D eigenvalue weighted by atomic mass is 9.94. The van der Waals surface area contributed by atoms with Gasteiger partial charge in [0.15, 0.2) is 5.69 Å². The highest BCUT2D eigenvalue weighted by atomic mass is 35.5. The number of sulfonamides is 1. The lowest BCUT2D eigenvalue weighted by molar-refractivity contribution is -0.141. The minimum absolute atomic E-state index is 0.00843. The van der Waals surface area contributed by atoms with Crippen LogP contribution in [0.5, 0.6) is 0 Å². The first-order chi connectivity index (χ1) is 16.7. The summed E-state index contributed by atoms with van der Waals surface area (Å²) in [7, 11) is -3.25. The molecule has 3 aromatic rings. The number of hydrogen-bond acceptors (Lipinski definition) is 5. The molecule has 0 saturated heterocycles. The molecule has 0 amide bonds. The maximum Gasteiger partial charge on any atom is 0.435 e. The Morgan fingerprint density at radius 1 is 1.11 bits per heavy atom. The molecule has 7 nitrogen and oxygen atoms in total. The molecule has 0 radical (unpaired) electrons. The number of aromatic nitrogens is 2. The first kappa shape index (κ1) is 26.4. The fourth-order valence-electron chi connectivity index (χ4n) is 3.86. The summed E-state index contributed by atoms with van der Waals surface area (Å²) in [5, 5.41) is 18.0. The molecule has 0 fully saturated rings. The normalized spacial score (nSPS) is 17.2. The number of rotatable bonds is 5. The van der Waals surface area contributed by atoms with Gasteiger partial charge in [0.2, 0.25) is 10.0 Å². The summed E-state index contributed by atoms with van der Waals surface area (Å²) in [6.45, 7) is 1.48. The molecular weight excluding hydrogens is 547 g/mol. The van der Waals surface area contributed by atoms with Crippen LogP contribution in [0.15, 0.2) is 64.7 Å². The predicted molar refractivity (Wildman–Crippen MR) is 126 cm³/mol. The summed E-state index contributed by atoms with van der Waals surface area (Å²) in [5.74, 6) is -0.686. The van der Waals surface area contributed by atoms with Crippen LogP contribution in [0, 0.1) is 5.82 Å². The van der Waals surface area contributed by atoms with E-state index >= 15 is 0 Å². The number of benzene rings is 2. The topological polar surface area (TPSA) is 87.5 Å². The molecule has 0 saturated carbocycles.